The summed E-state index contributed by atoms with van der Waals surface area (Å²) in [5.41, 5.74) is 1.41. The molecule has 24 heavy (non-hydrogen) atoms. The minimum absolute atomic E-state index is 0.0284. The molecule has 130 valence electrons. The number of piperidine rings is 1. The second kappa shape index (κ2) is 6.55. The summed E-state index contributed by atoms with van der Waals surface area (Å²) in [5, 5.41) is 19.7. The molecule has 1 aliphatic heterocycles. The van der Waals surface area contributed by atoms with Crippen molar-refractivity contribution >= 4 is 0 Å². The zero-order valence-corrected chi connectivity index (χ0v) is 14.3. The molecule has 1 aliphatic rings. The quantitative estimate of drug-likeness (QED) is 0.870. The Morgan fingerprint density at radius 2 is 1.96 bits per heavy atom. The van der Waals surface area contributed by atoms with Crippen molar-refractivity contribution in [1.82, 2.24) is 14.3 Å². The van der Waals surface area contributed by atoms with Crippen molar-refractivity contribution in [2.24, 2.45) is 7.05 Å². The molecule has 0 radical (unpaired) electrons. The van der Waals surface area contributed by atoms with Gasteiger partial charge in [-0.25, -0.2) is 4.68 Å². The van der Waals surface area contributed by atoms with Gasteiger partial charge in [-0.2, -0.15) is 0 Å². The first kappa shape index (κ1) is 17.0. The summed E-state index contributed by atoms with van der Waals surface area (Å²) < 4.78 is 3.54. The van der Waals surface area contributed by atoms with Gasteiger partial charge in [0.1, 0.15) is 5.60 Å². The number of hydrogen-bond acceptors (Lipinski definition) is 4. The first-order chi connectivity index (χ1) is 11.4. The number of aliphatic hydroxyl groups is 2. The lowest BCUT2D eigenvalue weighted by Crippen LogP contribution is -2.50. The lowest BCUT2D eigenvalue weighted by atomic mass is 9.93. The second-order valence-corrected chi connectivity index (χ2v) is 6.74. The topological polar surface area (TPSA) is 70.6 Å². The Morgan fingerprint density at radius 3 is 2.62 bits per heavy atom. The van der Waals surface area contributed by atoms with E-state index in [1.54, 1.807) is 4.68 Å². The van der Waals surface area contributed by atoms with E-state index in [0.717, 1.165) is 29.9 Å². The van der Waals surface area contributed by atoms with Crippen molar-refractivity contribution in [1.29, 1.82) is 0 Å². The number of rotatable bonds is 4. The minimum atomic E-state index is -1.06. The summed E-state index contributed by atoms with van der Waals surface area (Å²) in [7, 11) is 1.88. The molecule has 0 aliphatic carbocycles. The van der Waals surface area contributed by atoms with E-state index >= 15 is 0 Å². The highest BCUT2D eigenvalue weighted by atomic mass is 16.3. The summed E-state index contributed by atoms with van der Waals surface area (Å²) in [6.45, 7) is 3.40. The molecule has 6 heteroatoms. The fraction of sp³-hybridized carbons (Fsp3) is 0.500. The third kappa shape index (κ3) is 3.05. The van der Waals surface area contributed by atoms with Crippen LogP contribution in [0.15, 0.2) is 35.1 Å². The van der Waals surface area contributed by atoms with Crippen LogP contribution < -0.4 is 5.56 Å². The molecule has 2 N–H and O–H groups in total. The molecule has 1 aromatic carbocycles. The number of para-hydroxylation sites is 1. The number of likely N-dealkylation sites (tertiary alicyclic amines) is 1. The zero-order valence-electron chi connectivity index (χ0n) is 14.3. The Morgan fingerprint density at radius 1 is 1.25 bits per heavy atom. The fourth-order valence-corrected chi connectivity index (χ4v) is 3.50. The monoisotopic (exact) mass is 331 g/mol. The van der Waals surface area contributed by atoms with Gasteiger partial charge in [0.2, 0.25) is 0 Å². The lowest BCUT2D eigenvalue weighted by molar-refractivity contribution is -0.0688. The standard InChI is InChI=1S/C18H25N3O3/c1-14-16(11-20-10-6-9-18(24,12-20)13-22)17(23)21(19(14)2)15-7-4-3-5-8-15/h3-5,7-8,22,24H,6,9-13H2,1-2H3/t18-/m1/s1. The van der Waals surface area contributed by atoms with Gasteiger partial charge in [-0.1, -0.05) is 18.2 Å². The van der Waals surface area contributed by atoms with Crippen LogP contribution in [-0.4, -0.2) is 49.8 Å². The Kier molecular flexibility index (Phi) is 4.62. The van der Waals surface area contributed by atoms with Gasteiger partial charge in [-0.15, -0.1) is 0 Å². The Balaban J connectivity index is 1.91. The molecule has 3 rings (SSSR count). The molecule has 0 saturated carbocycles. The fourth-order valence-electron chi connectivity index (χ4n) is 3.50. The van der Waals surface area contributed by atoms with Crippen LogP contribution in [0.25, 0.3) is 5.69 Å². The second-order valence-electron chi connectivity index (χ2n) is 6.74. The first-order valence-corrected chi connectivity index (χ1v) is 8.34. The van der Waals surface area contributed by atoms with E-state index in [9.17, 15) is 15.0 Å². The molecule has 0 spiro atoms. The minimum Gasteiger partial charge on any atom is -0.393 e. The Labute approximate surface area is 141 Å². The van der Waals surface area contributed by atoms with Crippen molar-refractivity contribution in [2.45, 2.75) is 31.9 Å². The van der Waals surface area contributed by atoms with Crippen LogP contribution in [0.3, 0.4) is 0 Å². The molecule has 0 amide bonds. The van der Waals surface area contributed by atoms with Gasteiger partial charge in [0.15, 0.2) is 0 Å². The van der Waals surface area contributed by atoms with Crippen LogP contribution in [0.5, 0.6) is 0 Å². The molecular weight excluding hydrogens is 306 g/mol. The number of hydrogen-bond donors (Lipinski definition) is 2. The molecule has 1 fully saturated rings. The number of β-amino-alcohol motifs (C(OH)–C–C–N with tert-alkyl or cyclic N) is 1. The molecule has 0 bridgehead atoms. The van der Waals surface area contributed by atoms with E-state index < -0.39 is 5.60 Å². The average Bonchev–Trinajstić information content (AvgIpc) is 2.79. The van der Waals surface area contributed by atoms with Crippen LogP contribution in [-0.2, 0) is 13.6 Å². The largest absolute Gasteiger partial charge is 0.393 e. The molecule has 1 saturated heterocycles. The highest BCUT2D eigenvalue weighted by Gasteiger charge is 2.33. The van der Waals surface area contributed by atoms with Crippen LogP contribution in [0.2, 0.25) is 0 Å². The van der Waals surface area contributed by atoms with Gasteiger partial charge in [-0.3, -0.25) is 14.4 Å². The molecular formula is C18H25N3O3. The van der Waals surface area contributed by atoms with Gasteiger partial charge < -0.3 is 10.2 Å². The smallest absolute Gasteiger partial charge is 0.276 e. The van der Waals surface area contributed by atoms with Gasteiger partial charge >= 0.3 is 0 Å². The predicted molar refractivity (Wildman–Crippen MR) is 92.3 cm³/mol. The van der Waals surface area contributed by atoms with Crippen molar-refractivity contribution in [3.8, 4) is 5.69 Å². The van der Waals surface area contributed by atoms with E-state index in [1.165, 1.54) is 0 Å². The lowest BCUT2D eigenvalue weighted by Gasteiger charge is -2.37. The summed E-state index contributed by atoms with van der Waals surface area (Å²) in [6, 6.07) is 9.58. The molecule has 1 atom stereocenters. The third-order valence-electron chi connectivity index (χ3n) is 4.98. The molecule has 2 heterocycles. The van der Waals surface area contributed by atoms with Crippen LogP contribution in [0.1, 0.15) is 24.1 Å². The first-order valence-electron chi connectivity index (χ1n) is 8.34. The number of aromatic nitrogens is 2. The van der Waals surface area contributed by atoms with E-state index in [4.69, 9.17) is 0 Å². The predicted octanol–water partition coefficient (Wildman–Crippen LogP) is 0.804. The molecule has 1 aromatic heterocycles. The van der Waals surface area contributed by atoms with Gasteiger partial charge in [0, 0.05) is 25.8 Å². The SMILES string of the molecule is Cc1c(CN2CCC[C@](O)(CO)C2)c(=O)n(-c2ccccc2)n1C. The van der Waals surface area contributed by atoms with Crippen molar-refractivity contribution in [2.75, 3.05) is 19.7 Å². The highest BCUT2D eigenvalue weighted by molar-refractivity contribution is 5.33. The summed E-state index contributed by atoms with van der Waals surface area (Å²) in [5.74, 6) is 0. The number of aliphatic hydroxyl groups excluding tert-OH is 1. The van der Waals surface area contributed by atoms with E-state index in [1.807, 2.05) is 49.0 Å². The van der Waals surface area contributed by atoms with Crippen LogP contribution in [0, 0.1) is 6.92 Å². The molecule has 0 unspecified atom stereocenters. The van der Waals surface area contributed by atoms with Gasteiger partial charge in [0.05, 0.1) is 17.9 Å². The normalized spacial score (nSPS) is 22.0. The van der Waals surface area contributed by atoms with Crippen LogP contribution in [0.4, 0.5) is 0 Å². The Hall–Kier alpha value is -1.89. The summed E-state index contributed by atoms with van der Waals surface area (Å²) >= 11 is 0. The van der Waals surface area contributed by atoms with Crippen molar-refractivity contribution in [3.63, 3.8) is 0 Å². The zero-order chi connectivity index (χ0) is 17.3. The van der Waals surface area contributed by atoms with E-state index in [2.05, 4.69) is 4.90 Å². The average molecular weight is 331 g/mol. The van der Waals surface area contributed by atoms with Gasteiger partial charge in [0.25, 0.3) is 5.56 Å². The van der Waals surface area contributed by atoms with E-state index in [0.29, 0.717) is 19.5 Å². The van der Waals surface area contributed by atoms with Crippen LogP contribution >= 0.6 is 0 Å². The van der Waals surface area contributed by atoms with Gasteiger partial charge in [-0.05, 0) is 38.4 Å². The summed E-state index contributed by atoms with van der Waals surface area (Å²) in [6.07, 6.45) is 1.41. The number of benzene rings is 1. The Bertz CT molecular complexity index is 766. The summed E-state index contributed by atoms with van der Waals surface area (Å²) in [4.78, 5) is 15.0. The maximum absolute atomic E-state index is 12.9. The maximum atomic E-state index is 12.9. The maximum Gasteiger partial charge on any atom is 0.276 e. The highest BCUT2D eigenvalue weighted by Crippen LogP contribution is 2.22. The van der Waals surface area contributed by atoms with E-state index in [-0.39, 0.29) is 12.2 Å². The molecule has 2 aromatic rings. The molecule has 6 nitrogen and oxygen atoms in total. The van der Waals surface area contributed by atoms with Crippen molar-refractivity contribution in [3.05, 3.63) is 51.9 Å². The third-order valence-corrected chi connectivity index (χ3v) is 4.98. The number of nitrogens with zero attached hydrogens (tertiary/aromatic N) is 3. The van der Waals surface area contributed by atoms with Crippen molar-refractivity contribution < 1.29 is 10.2 Å².